The highest BCUT2D eigenvalue weighted by atomic mass is 16.5. The number of pyridine rings is 1. The van der Waals surface area contributed by atoms with Crippen molar-refractivity contribution in [3.63, 3.8) is 0 Å². The first kappa shape index (κ1) is 23.7. The average molecular weight is 482 g/mol. The van der Waals surface area contributed by atoms with E-state index in [1.807, 2.05) is 43.3 Å². The quantitative estimate of drug-likeness (QED) is 0.353. The third-order valence-corrected chi connectivity index (χ3v) is 6.75. The molecule has 1 N–H and O–H groups in total. The number of hydrogen-bond acceptors (Lipinski definition) is 5. The van der Waals surface area contributed by atoms with Gasteiger partial charge >= 0.3 is 0 Å². The molecule has 0 atom stereocenters. The van der Waals surface area contributed by atoms with Gasteiger partial charge in [-0.3, -0.25) is 9.78 Å². The van der Waals surface area contributed by atoms with Gasteiger partial charge in [0.15, 0.2) is 6.61 Å². The number of aromatic nitrogens is 1. The van der Waals surface area contributed by atoms with Crippen LogP contribution in [0.15, 0.2) is 78.9 Å². The Kier molecular flexibility index (Phi) is 7.03. The molecular weight excluding hydrogens is 450 g/mol. The number of rotatable bonds is 7. The second kappa shape index (κ2) is 10.7. The first-order valence-electron chi connectivity index (χ1n) is 12.4. The van der Waals surface area contributed by atoms with Crippen LogP contribution in [-0.2, 0) is 4.79 Å². The van der Waals surface area contributed by atoms with Crippen LogP contribution >= 0.6 is 0 Å². The molecule has 0 unspecified atom stereocenters. The van der Waals surface area contributed by atoms with Gasteiger partial charge in [-0.15, -0.1) is 0 Å². The van der Waals surface area contributed by atoms with Gasteiger partial charge in [-0.25, -0.2) is 0 Å². The van der Waals surface area contributed by atoms with Crippen LogP contribution in [0.1, 0.15) is 30.0 Å². The van der Waals surface area contributed by atoms with E-state index in [-0.39, 0.29) is 12.5 Å². The summed E-state index contributed by atoms with van der Waals surface area (Å²) in [6.45, 7) is 3.87. The number of aryl methyl sites for hydroxylation is 1. The smallest absolute Gasteiger partial charge is 0.262 e. The van der Waals surface area contributed by atoms with Crippen LogP contribution in [-0.4, -0.2) is 37.7 Å². The second-order valence-corrected chi connectivity index (χ2v) is 9.20. The SMILES string of the molecule is COc1ccc2nc(C)cc(OCC(=O)Nc3ccc(N4CCC(c5ccccc5)CC4)cc3)c2c1. The van der Waals surface area contributed by atoms with Crippen molar-refractivity contribution in [3.05, 3.63) is 90.1 Å². The van der Waals surface area contributed by atoms with Crippen molar-refractivity contribution in [2.45, 2.75) is 25.7 Å². The Morgan fingerprint density at radius 3 is 2.47 bits per heavy atom. The molecule has 2 heterocycles. The number of ether oxygens (including phenoxy) is 2. The molecule has 0 bridgehead atoms. The van der Waals surface area contributed by atoms with E-state index in [1.165, 1.54) is 11.3 Å². The molecule has 5 rings (SSSR count). The van der Waals surface area contributed by atoms with E-state index in [2.05, 4.69) is 57.7 Å². The predicted molar refractivity (Wildman–Crippen MR) is 144 cm³/mol. The first-order chi connectivity index (χ1) is 17.6. The molecule has 6 heteroatoms. The molecule has 4 aromatic rings. The Bertz CT molecular complexity index is 1330. The van der Waals surface area contributed by atoms with Crippen molar-refractivity contribution in [2.75, 3.05) is 37.0 Å². The fraction of sp³-hybridized carbons (Fsp3) is 0.267. The minimum atomic E-state index is -0.211. The zero-order valence-electron chi connectivity index (χ0n) is 20.7. The molecule has 0 saturated carbocycles. The summed E-state index contributed by atoms with van der Waals surface area (Å²) < 4.78 is 11.2. The largest absolute Gasteiger partial charge is 0.497 e. The average Bonchev–Trinajstić information content (AvgIpc) is 2.92. The first-order valence-corrected chi connectivity index (χ1v) is 12.4. The zero-order valence-corrected chi connectivity index (χ0v) is 20.7. The highest BCUT2D eigenvalue weighted by Gasteiger charge is 2.20. The van der Waals surface area contributed by atoms with Gasteiger partial charge in [0.25, 0.3) is 5.91 Å². The van der Waals surface area contributed by atoms with E-state index in [0.717, 1.165) is 48.2 Å². The van der Waals surface area contributed by atoms with E-state index in [0.29, 0.717) is 17.4 Å². The molecule has 0 spiro atoms. The van der Waals surface area contributed by atoms with Gasteiger partial charge in [-0.2, -0.15) is 0 Å². The number of nitrogens with zero attached hydrogens (tertiary/aromatic N) is 2. The Morgan fingerprint density at radius 2 is 1.75 bits per heavy atom. The van der Waals surface area contributed by atoms with Crippen LogP contribution in [0.25, 0.3) is 10.9 Å². The van der Waals surface area contributed by atoms with E-state index < -0.39 is 0 Å². The van der Waals surface area contributed by atoms with Gasteiger partial charge in [0.05, 0.1) is 12.6 Å². The van der Waals surface area contributed by atoms with E-state index >= 15 is 0 Å². The van der Waals surface area contributed by atoms with E-state index in [4.69, 9.17) is 9.47 Å². The van der Waals surface area contributed by atoms with Crippen molar-refractivity contribution in [1.82, 2.24) is 4.98 Å². The summed E-state index contributed by atoms with van der Waals surface area (Å²) in [6.07, 6.45) is 2.30. The molecule has 36 heavy (non-hydrogen) atoms. The van der Waals surface area contributed by atoms with Crippen molar-refractivity contribution in [1.29, 1.82) is 0 Å². The maximum Gasteiger partial charge on any atom is 0.262 e. The summed E-state index contributed by atoms with van der Waals surface area (Å²) in [5, 5.41) is 3.75. The lowest BCUT2D eigenvalue weighted by Gasteiger charge is -2.34. The molecule has 0 radical (unpaired) electrons. The van der Waals surface area contributed by atoms with Crippen LogP contribution in [0.4, 0.5) is 11.4 Å². The zero-order chi connectivity index (χ0) is 24.9. The summed E-state index contributed by atoms with van der Waals surface area (Å²) >= 11 is 0. The molecule has 1 saturated heterocycles. The van der Waals surface area contributed by atoms with Crippen LogP contribution < -0.4 is 19.7 Å². The number of piperidine rings is 1. The van der Waals surface area contributed by atoms with Crippen LogP contribution in [0.3, 0.4) is 0 Å². The molecule has 0 aliphatic carbocycles. The lowest BCUT2D eigenvalue weighted by atomic mass is 9.89. The number of benzene rings is 3. The van der Waals surface area contributed by atoms with Gasteiger partial charge in [0, 0.05) is 41.6 Å². The van der Waals surface area contributed by atoms with Crippen molar-refractivity contribution >= 4 is 28.2 Å². The number of nitrogens with one attached hydrogen (secondary N) is 1. The third-order valence-electron chi connectivity index (χ3n) is 6.75. The fourth-order valence-electron chi connectivity index (χ4n) is 4.84. The number of amides is 1. The standard InChI is InChI=1S/C30H31N3O3/c1-21-18-29(27-19-26(35-2)12-13-28(27)31-21)36-20-30(34)32-24-8-10-25(11-9-24)33-16-14-23(15-17-33)22-6-4-3-5-7-22/h3-13,18-19,23H,14-17,20H2,1-2H3,(H,32,34). The number of anilines is 2. The minimum absolute atomic E-state index is 0.0927. The summed E-state index contributed by atoms with van der Waals surface area (Å²) in [5.41, 5.74) is 5.00. The molecule has 1 aromatic heterocycles. The topological polar surface area (TPSA) is 63.7 Å². The number of fused-ring (bicyclic) bond motifs is 1. The second-order valence-electron chi connectivity index (χ2n) is 9.20. The number of carbonyl (C=O) groups excluding carboxylic acids is 1. The van der Waals surface area contributed by atoms with Crippen LogP contribution in [0, 0.1) is 6.92 Å². The Morgan fingerprint density at radius 1 is 1.00 bits per heavy atom. The predicted octanol–water partition coefficient (Wildman–Crippen LogP) is 5.95. The molecule has 1 aliphatic rings. The normalized spacial score (nSPS) is 14.0. The molecule has 1 fully saturated rings. The highest BCUT2D eigenvalue weighted by molar-refractivity contribution is 5.93. The maximum atomic E-state index is 12.6. The van der Waals surface area contributed by atoms with Gasteiger partial charge in [-0.05, 0) is 73.7 Å². The molecule has 1 amide bonds. The van der Waals surface area contributed by atoms with Gasteiger partial charge in [-0.1, -0.05) is 30.3 Å². The lowest BCUT2D eigenvalue weighted by molar-refractivity contribution is -0.118. The van der Waals surface area contributed by atoms with Crippen molar-refractivity contribution in [2.24, 2.45) is 0 Å². The Hall–Kier alpha value is -4.06. The monoisotopic (exact) mass is 481 g/mol. The van der Waals surface area contributed by atoms with Crippen molar-refractivity contribution in [3.8, 4) is 11.5 Å². The maximum absolute atomic E-state index is 12.6. The number of hydrogen-bond donors (Lipinski definition) is 1. The minimum Gasteiger partial charge on any atom is -0.497 e. The number of methoxy groups -OCH3 is 1. The van der Waals surface area contributed by atoms with Gasteiger partial charge in [0.2, 0.25) is 0 Å². The number of carbonyl (C=O) groups is 1. The summed E-state index contributed by atoms with van der Waals surface area (Å²) in [5.74, 6) is 1.74. The van der Waals surface area contributed by atoms with Gasteiger partial charge < -0.3 is 19.7 Å². The Balaban J connectivity index is 1.16. The van der Waals surface area contributed by atoms with E-state index in [1.54, 1.807) is 7.11 Å². The molecule has 3 aromatic carbocycles. The molecule has 6 nitrogen and oxygen atoms in total. The fourth-order valence-corrected chi connectivity index (χ4v) is 4.84. The summed E-state index contributed by atoms with van der Waals surface area (Å²) in [7, 11) is 1.62. The summed E-state index contributed by atoms with van der Waals surface area (Å²) in [4.78, 5) is 19.5. The van der Waals surface area contributed by atoms with E-state index in [9.17, 15) is 4.79 Å². The molecule has 1 aliphatic heterocycles. The Labute approximate surface area is 211 Å². The molecular formula is C30H31N3O3. The van der Waals surface area contributed by atoms with Crippen LogP contribution in [0.2, 0.25) is 0 Å². The third kappa shape index (κ3) is 5.43. The lowest BCUT2D eigenvalue weighted by Crippen LogP contribution is -2.32. The highest BCUT2D eigenvalue weighted by Crippen LogP contribution is 2.31. The van der Waals surface area contributed by atoms with Gasteiger partial charge in [0.1, 0.15) is 11.5 Å². The van der Waals surface area contributed by atoms with Crippen LogP contribution in [0.5, 0.6) is 11.5 Å². The summed E-state index contributed by atoms with van der Waals surface area (Å²) in [6, 6.07) is 26.3. The molecule has 184 valence electrons. The van der Waals surface area contributed by atoms with Crippen molar-refractivity contribution < 1.29 is 14.3 Å².